The van der Waals surface area contributed by atoms with E-state index in [4.69, 9.17) is 10.5 Å². The van der Waals surface area contributed by atoms with Crippen molar-refractivity contribution in [2.75, 3.05) is 23.8 Å². The minimum absolute atomic E-state index is 0.217. The number of H-pyrrole nitrogens is 2. The molecule has 0 atom stereocenters. The van der Waals surface area contributed by atoms with Crippen molar-refractivity contribution in [1.29, 1.82) is 0 Å². The van der Waals surface area contributed by atoms with Crippen LogP contribution in [0.2, 0.25) is 0 Å². The average molecular weight is 272 g/mol. The second-order valence-electron chi connectivity index (χ2n) is 4.53. The number of nitrogens with one attached hydrogen (secondary N) is 2. The van der Waals surface area contributed by atoms with E-state index in [9.17, 15) is 0 Å². The lowest BCUT2D eigenvalue weighted by molar-refractivity contribution is 0.318. The lowest BCUT2D eigenvalue weighted by atomic mass is 10.3. The molecule has 0 aliphatic carbocycles. The fraction of sp³-hybridized carbons (Fsp3) is 0.273. The fourth-order valence-corrected chi connectivity index (χ4v) is 2.34. The van der Waals surface area contributed by atoms with Gasteiger partial charge in [-0.25, -0.2) is 5.10 Å². The maximum atomic E-state index is 5.76. The van der Waals surface area contributed by atoms with E-state index in [2.05, 4.69) is 35.3 Å². The van der Waals surface area contributed by atoms with E-state index in [0.717, 1.165) is 16.8 Å². The second kappa shape index (κ2) is 4.08. The van der Waals surface area contributed by atoms with Gasteiger partial charge in [-0.1, -0.05) is 0 Å². The molecule has 9 nitrogen and oxygen atoms in total. The third-order valence-electron chi connectivity index (χ3n) is 3.25. The number of fused-ring (bicyclic) bond motifs is 2. The van der Waals surface area contributed by atoms with E-state index >= 15 is 0 Å². The van der Waals surface area contributed by atoms with Gasteiger partial charge in [0.25, 0.3) is 0 Å². The summed E-state index contributed by atoms with van der Waals surface area (Å²) < 4.78 is 5.61. The molecule has 0 unspecified atom stereocenters. The molecule has 0 radical (unpaired) electrons. The van der Waals surface area contributed by atoms with Gasteiger partial charge in [-0.3, -0.25) is 5.10 Å². The molecule has 0 bridgehead atoms. The summed E-state index contributed by atoms with van der Waals surface area (Å²) in [5.41, 5.74) is 7.37. The lowest BCUT2D eigenvalue weighted by Crippen LogP contribution is -2.26. The van der Waals surface area contributed by atoms with Gasteiger partial charge in [0.2, 0.25) is 11.8 Å². The highest BCUT2D eigenvalue weighted by atomic mass is 16.5. The van der Waals surface area contributed by atoms with Crippen molar-refractivity contribution < 1.29 is 4.74 Å². The Balaban J connectivity index is 1.81. The van der Waals surface area contributed by atoms with Gasteiger partial charge in [0.15, 0.2) is 5.65 Å². The second-order valence-corrected chi connectivity index (χ2v) is 4.53. The zero-order valence-corrected chi connectivity index (χ0v) is 10.5. The summed E-state index contributed by atoms with van der Waals surface area (Å²) in [5.74, 6) is 1.67. The molecule has 0 saturated carbocycles. The van der Waals surface area contributed by atoms with Crippen LogP contribution < -0.4 is 15.4 Å². The standard InChI is InChI=1S/C11H12N8O/c12-11-15-8-7(4-14-17-8)9(16-11)19-1-2-20-10-6(5-19)3-13-18-10/h3-4H,1-2,5H2,(H,13,18)(H3,12,14,15,16,17). The van der Waals surface area contributed by atoms with Crippen LogP contribution in [-0.4, -0.2) is 43.5 Å². The van der Waals surface area contributed by atoms with E-state index in [1.165, 1.54) is 0 Å². The Labute approximate surface area is 113 Å². The topological polar surface area (TPSA) is 122 Å². The number of hydrogen-bond donors (Lipinski definition) is 3. The van der Waals surface area contributed by atoms with Gasteiger partial charge < -0.3 is 15.4 Å². The number of nitrogens with two attached hydrogens (primary N) is 1. The summed E-state index contributed by atoms with van der Waals surface area (Å²) in [6.07, 6.45) is 3.46. The average Bonchev–Trinajstić information content (AvgIpc) is 3.02. The normalized spacial score (nSPS) is 14.9. The van der Waals surface area contributed by atoms with E-state index < -0.39 is 0 Å². The number of nitrogens with zero attached hydrogens (tertiary/aromatic N) is 5. The molecule has 4 N–H and O–H groups in total. The Hall–Kier alpha value is -2.84. The Morgan fingerprint density at radius 3 is 3.05 bits per heavy atom. The zero-order valence-electron chi connectivity index (χ0n) is 10.5. The summed E-state index contributed by atoms with van der Waals surface area (Å²) in [6.45, 7) is 1.88. The Morgan fingerprint density at radius 2 is 2.10 bits per heavy atom. The van der Waals surface area contributed by atoms with E-state index in [1.807, 2.05) is 0 Å². The summed E-state index contributed by atoms with van der Waals surface area (Å²) in [4.78, 5) is 10.5. The van der Waals surface area contributed by atoms with Gasteiger partial charge in [0.05, 0.1) is 36.4 Å². The van der Waals surface area contributed by atoms with Crippen LogP contribution in [0.5, 0.6) is 5.88 Å². The number of anilines is 2. The van der Waals surface area contributed by atoms with Gasteiger partial charge in [-0.05, 0) is 0 Å². The molecule has 0 saturated heterocycles. The van der Waals surface area contributed by atoms with Gasteiger partial charge in [0.1, 0.15) is 12.4 Å². The first kappa shape index (κ1) is 11.0. The summed E-state index contributed by atoms with van der Waals surface area (Å²) >= 11 is 0. The molecule has 0 fully saturated rings. The maximum absolute atomic E-state index is 5.76. The Bertz CT molecular complexity index is 763. The van der Waals surface area contributed by atoms with Crippen LogP contribution in [0.15, 0.2) is 12.4 Å². The predicted octanol–water partition coefficient (Wildman–Crippen LogP) is 0.0572. The molecule has 4 heterocycles. The predicted molar refractivity (Wildman–Crippen MR) is 71.2 cm³/mol. The highest BCUT2D eigenvalue weighted by molar-refractivity contribution is 5.87. The number of aromatic nitrogens is 6. The van der Waals surface area contributed by atoms with Crippen LogP contribution in [0, 0.1) is 0 Å². The first-order valence-electron chi connectivity index (χ1n) is 6.18. The third-order valence-corrected chi connectivity index (χ3v) is 3.25. The van der Waals surface area contributed by atoms with E-state index in [0.29, 0.717) is 31.2 Å². The first-order chi connectivity index (χ1) is 9.81. The van der Waals surface area contributed by atoms with Crippen molar-refractivity contribution in [2.24, 2.45) is 0 Å². The number of rotatable bonds is 1. The molecule has 0 spiro atoms. The molecule has 3 aromatic rings. The minimum Gasteiger partial charge on any atom is -0.476 e. The molecule has 0 aromatic carbocycles. The largest absolute Gasteiger partial charge is 0.476 e. The molecule has 9 heteroatoms. The molecule has 1 aliphatic heterocycles. The molecule has 3 aromatic heterocycles. The lowest BCUT2D eigenvalue weighted by Gasteiger charge is -2.21. The van der Waals surface area contributed by atoms with Crippen LogP contribution in [0.25, 0.3) is 11.0 Å². The van der Waals surface area contributed by atoms with Crippen LogP contribution in [-0.2, 0) is 6.54 Å². The monoisotopic (exact) mass is 272 g/mol. The zero-order chi connectivity index (χ0) is 13.5. The van der Waals surface area contributed by atoms with Gasteiger partial charge in [0, 0.05) is 0 Å². The molecule has 20 heavy (non-hydrogen) atoms. The van der Waals surface area contributed by atoms with Crippen LogP contribution in [0.3, 0.4) is 0 Å². The first-order valence-corrected chi connectivity index (χ1v) is 6.18. The summed E-state index contributed by atoms with van der Waals surface area (Å²) in [6, 6.07) is 0. The van der Waals surface area contributed by atoms with Crippen LogP contribution >= 0.6 is 0 Å². The fourth-order valence-electron chi connectivity index (χ4n) is 2.34. The molecule has 1 aliphatic rings. The van der Waals surface area contributed by atoms with Gasteiger partial charge in [-0.15, -0.1) is 0 Å². The Kier molecular flexibility index (Phi) is 2.25. The number of hydrogen-bond acceptors (Lipinski definition) is 7. The summed E-state index contributed by atoms with van der Waals surface area (Å²) in [7, 11) is 0. The van der Waals surface area contributed by atoms with Crippen molar-refractivity contribution in [1.82, 2.24) is 30.4 Å². The quantitative estimate of drug-likeness (QED) is 0.572. The maximum Gasteiger partial charge on any atom is 0.224 e. The third kappa shape index (κ3) is 1.63. The van der Waals surface area contributed by atoms with Crippen molar-refractivity contribution in [3.8, 4) is 5.88 Å². The van der Waals surface area contributed by atoms with Crippen LogP contribution in [0.4, 0.5) is 11.8 Å². The number of ether oxygens (including phenoxy) is 1. The van der Waals surface area contributed by atoms with Crippen molar-refractivity contribution in [2.45, 2.75) is 6.54 Å². The van der Waals surface area contributed by atoms with Crippen molar-refractivity contribution >= 4 is 22.8 Å². The number of aromatic amines is 2. The molecular formula is C11H12N8O. The molecule has 0 amide bonds. The summed E-state index contributed by atoms with van der Waals surface area (Å²) in [5, 5.41) is 14.5. The highest BCUT2D eigenvalue weighted by Gasteiger charge is 2.21. The number of nitrogen functional groups attached to an aromatic ring is 1. The molecule has 4 rings (SSSR count). The highest BCUT2D eigenvalue weighted by Crippen LogP contribution is 2.27. The molecule has 102 valence electrons. The Morgan fingerprint density at radius 1 is 1.20 bits per heavy atom. The van der Waals surface area contributed by atoms with Crippen molar-refractivity contribution in [3.63, 3.8) is 0 Å². The van der Waals surface area contributed by atoms with E-state index in [1.54, 1.807) is 12.4 Å². The molecular weight excluding hydrogens is 260 g/mol. The van der Waals surface area contributed by atoms with E-state index in [-0.39, 0.29) is 5.95 Å². The minimum atomic E-state index is 0.217. The van der Waals surface area contributed by atoms with Crippen LogP contribution in [0.1, 0.15) is 5.56 Å². The van der Waals surface area contributed by atoms with Gasteiger partial charge >= 0.3 is 0 Å². The SMILES string of the molecule is Nc1nc(N2CCOc3[nH]ncc3C2)c2cn[nH]c2n1. The smallest absolute Gasteiger partial charge is 0.224 e. The van der Waals surface area contributed by atoms with Crippen molar-refractivity contribution in [3.05, 3.63) is 18.0 Å². The van der Waals surface area contributed by atoms with Gasteiger partial charge in [-0.2, -0.15) is 20.2 Å².